The molecule has 3 heteroatoms. The molecule has 72 valence electrons. The van der Waals surface area contributed by atoms with E-state index in [2.05, 4.69) is 29.9 Å². The molecule has 0 bridgehead atoms. The van der Waals surface area contributed by atoms with Gasteiger partial charge in [0.25, 0.3) is 0 Å². The molecule has 0 radical (unpaired) electrons. The zero-order valence-corrected chi connectivity index (χ0v) is 9.08. The Morgan fingerprint density at radius 3 is 2.86 bits per heavy atom. The summed E-state index contributed by atoms with van der Waals surface area (Å²) >= 11 is 1.63. The van der Waals surface area contributed by atoms with Gasteiger partial charge < -0.3 is 0 Å². The first-order valence-electron chi connectivity index (χ1n) is 4.63. The van der Waals surface area contributed by atoms with Crippen molar-refractivity contribution < 1.29 is 0 Å². The van der Waals surface area contributed by atoms with Crippen LogP contribution in [0.3, 0.4) is 0 Å². The van der Waals surface area contributed by atoms with Crippen LogP contribution >= 0.6 is 11.3 Å². The summed E-state index contributed by atoms with van der Waals surface area (Å²) < 4.78 is 0. The number of hydrogen-bond donors (Lipinski definition) is 0. The summed E-state index contributed by atoms with van der Waals surface area (Å²) in [7, 11) is 0. The van der Waals surface area contributed by atoms with Gasteiger partial charge in [-0.05, 0) is 17.5 Å². The normalized spacial score (nSPS) is 10.8. The second kappa shape index (κ2) is 3.88. The molecule has 0 aliphatic heterocycles. The molecule has 2 rings (SSSR count). The highest BCUT2D eigenvalue weighted by molar-refractivity contribution is 7.13. The second-order valence-corrected chi connectivity index (χ2v) is 4.35. The average molecular weight is 204 g/mol. The van der Waals surface area contributed by atoms with E-state index in [1.807, 2.05) is 24.0 Å². The van der Waals surface area contributed by atoms with Gasteiger partial charge in [-0.15, -0.1) is 11.3 Å². The Morgan fingerprint density at radius 1 is 1.36 bits per heavy atom. The topological polar surface area (TPSA) is 25.8 Å². The molecule has 14 heavy (non-hydrogen) atoms. The number of rotatable bonds is 2. The summed E-state index contributed by atoms with van der Waals surface area (Å²) in [6, 6.07) is 4.12. The predicted molar refractivity (Wildman–Crippen MR) is 59.4 cm³/mol. The van der Waals surface area contributed by atoms with Gasteiger partial charge in [-0.2, -0.15) is 0 Å². The number of hydrogen-bond acceptors (Lipinski definition) is 3. The molecule has 2 aromatic rings. The number of nitrogens with zero attached hydrogens (tertiary/aromatic N) is 2. The molecule has 0 amide bonds. The van der Waals surface area contributed by atoms with Crippen LogP contribution in [0.15, 0.2) is 30.0 Å². The minimum Gasteiger partial charge on any atom is -0.255 e. The maximum absolute atomic E-state index is 4.41. The standard InChI is InChI=1S/C11H12N2S/c1-8(2)9-4-3-5-13-11(9)10-6-12-7-14-10/h3-8H,1-2H3. The fourth-order valence-corrected chi connectivity index (χ4v) is 2.06. The maximum Gasteiger partial charge on any atom is 0.0852 e. The summed E-state index contributed by atoms with van der Waals surface area (Å²) in [6.07, 6.45) is 3.71. The molecule has 0 unspecified atom stereocenters. The zero-order valence-electron chi connectivity index (χ0n) is 8.27. The molecule has 0 aromatic carbocycles. The van der Waals surface area contributed by atoms with E-state index in [1.54, 1.807) is 11.3 Å². The first-order valence-corrected chi connectivity index (χ1v) is 5.51. The predicted octanol–water partition coefficient (Wildman–Crippen LogP) is 3.33. The molecular weight excluding hydrogens is 192 g/mol. The van der Waals surface area contributed by atoms with Crippen molar-refractivity contribution in [2.75, 3.05) is 0 Å². The van der Waals surface area contributed by atoms with Crippen molar-refractivity contribution in [2.24, 2.45) is 0 Å². The van der Waals surface area contributed by atoms with Crippen LogP contribution in [-0.2, 0) is 0 Å². The van der Waals surface area contributed by atoms with Gasteiger partial charge in [0.2, 0.25) is 0 Å². The quantitative estimate of drug-likeness (QED) is 0.750. The van der Waals surface area contributed by atoms with Gasteiger partial charge in [0.1, 0.15) is 0 Å². The van der Waals surface area contributed by atoms with Crippen LogP contribution < -0.4 is 0 Å². The van der Waals surface area contributed by atoms with Crippen LogP contribution in [0, 0.1) is 0 Å². The third-order valence-electron chi connectivity index (χ3n) is 2.13. The van der Waals surface area contributed by atoms with E-state index in [-0.39, 0.29) is 0 Å². The largest absolute Gasteiger partial charge is 0.255 e. The minimum atomic E-state index is 0.501. The first kappa shape index (κ1) is 9.34. The Morgan fingerprint density at radius 2 is 2.21 bits per heavy atom. The SMILES string of the molecule is CC(C)c1cccnc1-c1cncs1. The van der Waals surface area contributed by atoms with Gasteiger partial charge in [0, 0.05) is 12.4 Å². The Bertz CT molecular complexity index is 407. The van der Waals surface area contributed by atoms with Crippen molar-refractivity contribution in [3.05, 3.63) is 35.6 Å². The van der Waals surface area contributed by atoms with Crippen molar-refractivity contribution >= 4 is 11.3 Å². The zero-order chi connectivity index (χ0) is 9.97. The molecule has 0 aliphatic carbocycles. The van der Waals surface area contributed by atoms with Gasteiger partial charge in [-0.1, -0.05) is 19.9 Å². The van der Waals surface area contributed by atoms with Crippen LogP contribution in [0.4, 0.5) is 0 Å². The average Bonchev–Trinajstić information content (AvgIpc) is 2.70. The van der Waals surface area contributed by atoms with Gasteiger partial charge >= 0.3 is 0 Å². The summed E-state index contributed by atoms with van der Waals surface area (Å²) in [5, 5.41) is 0. The highest BCUT2D eigenvalue weighted by atomic mass is 32.1. The van der Waals surface area contributed by atoms with Crippen LogP contribution in [0.1, 0.15) is 25.3 Å². The lowest BCUT2D eigenvalue weighted by molar-refractivity contribution is 0.862. The highest BCUT2D eigenvalue weighted by Gasteiger charge is 2.09. The van der Waals surface area contributed by atoms with E-state index in [0.29, 0.717) is 5.92 Å². The third kappa shape index (κ3) is 1.68. The van der Waals surface area contributed by atoms with Crippen molar-refractivity contribution in [2.45, 2.75) is 19.8 Å². The molecule has 2 heterocycles. The van der Waals surface area contributed by atoms with Crippen molar-refractivity contribution in [1.29, 1.82) is 0 Å². The maximum atomic E-state index is 4.41. The van der Waals surface area contributed by atoms with Crippen LogP contribution in [0.5, 0.6) is 0 Å². The molecule has 0 fully saturated rings. The van der Waals surface area contributed by atoms with E-state index in [4.69, 9.17) is 0 Å². The monoisotopic (exact) mass is 204 g/mol. The first-order chi connectivity index (χ1) is 6.79. The Kier molecular flexibility index (Phi) is 2.59. The molecule has 0 spiro atoms. The highest BCUT2D eigenvalue weighted by Crippen LogP contribution is 2.28. The van der Waals surface area contributed by atoms with E-state index >= 15 is 0 Å². The molecule has 0 saturated carbocycles. The molecule has 0 N–H and O–H groups in total. The van der Waals surface area contributed by atoms with Gasteiger partial charge in [0.05, 0.1) is 16.1 Å². The van der Waals surface area contributed by atoms with E-state index in [0.717, 1.165) is 10.6 Å². The van der Waals surface area contributed by atoms with Crippen molar-refractivity contribution in [3.63, 3.8) is 0 Å². The van der Waals surface area contributed by atoms with Crippen LogP contribution in [-0.4, -0.2) is 9.97 Å². The Balaban J connectivity index is 2.53. The lowest BCUT2D eigenvalue weighted by atomic mass is 10.0. The summed E-state index contributed by atoms with van der Waals surface area (Å²) in [6.45, 7) is 4.36. The molecule has 2 aromatic heterocycles. The van der Waals surface area contributed by atoms with Crippen LogP contribution in [0.2, 0.25) is 0 Å². The fourth-order valence-electron chi connectivity index (χ4n) is 1.42. The molecular formula is C11H12N2S. The summed E-state index contributed by atoms with van der Waals surface area (Å²) in [5.74, 6) is 0.501. The molecule has 2 nitrogen and oxygen atoms in total. The summed E-state index contributed by atoms with van der Waals surface area (Å²) in [5.41, 5.74) is 4.20. The smallest absolute Gasteiger partial charge is 0.0852 e. The lowest BCUT2D eigenvalue weighted by Gasteiger charge is -2.08. The van der Waals surface area contributed by atoms with Gasteiger partial charge in [0.15, 0.2) is 0 Å². The van der Waals surface area contributed by atoms with Gasteiger partial charge in [-0.3, -0.25) is 9.97 Å². The molecule has 0 atom stereocenters. The second-order valence-electron chi connectivity index (χ2n) is 3.46. The minimum absolute atomic E-state index is 0.501. The Labute approximate surface area is 87.7 Å². The van der Waals surface area contributed by atoms with E-state index in [1.165, 1.54) is 5.56 Å². The Hall–Kier alpha value is -1.22. The van der Waals surface area contributed by atoms with Crippen LogP contribution in [0.25, 0.3) is 10.6 Å². The number of pyridine rings is 1. The molecule has 0 aliphatic rings. The molecule has 0 saturated heterocycles. The van der Waals surface area contributed by atoms with E-state index in [9.17, 15) is 0 Å². The summed E-state index contributed by atoms with van der Waals surface area (Å²) in [4.78, 5) is 9.64. The van der Waals surface area contributed by atoms with E-state index < -0.39 is 0 Å². The van der Waals surface area contributed by atoms with Crippen molar-refractivity contribution in [1.82, 2.24) is 9.97 Å². The lowest BCUT2D eigenvalue weighted by Crippen LogP contribution is -1.93. The van der Waals surface area contributed by atoms with Gasteiger partial charge in [-0.25, -0.2) is 0 Å². The number of aromatic nitrogens is 2. The van der Waals surface area contributed by atoms with Crippen molar-refractivity contribution in [3.8, 4) is 10.6 Å². The number of thiazole rings is 1. The fraction of sp³-hybridized carbons (Fsp3) is 0.273. The third-order valence-corrected chi connectivity index (χ3v) is 2.91.